The zero-order chi connectivity index (χ0) is 18.4. The lowest BCUT2D eigenvalue weighted by Crippen LogP contribution is -2.29. The fraction of sp³-hybridized carbons (Fsp3) is 0.222. The summed E-state index contributed by atoms with van der Waals surface area (Å²) in [6, 6.07) is 11.4. The van der Waals surface area contributed by atoms with Gasteiger partial charge in [-0.2, -0.15) is 0 Å². The standard InChI is InChI=1S/C18H20ClN3O3/c1-3-22(4-2)14-8-6-13(7-9-14)20-17(24)18(25)21-15-11-12(19)5-10-16(15)23/h5-11,23H,3-4H2,1-2H3,(H,20,24)(H,21,25). The number of nitrogens with zero attached hydrogens (tertiary/aromatic N) is 1. The van der Waals surface area contributed by atoms with Crippen molar-refractivity contribution in [1.29, 1.82) is 0 Å². The van der Waals surface area contributed by atoms with E-state index in [2.05, 4.69) is 29.4 Å². The number of phenolic OH excluding ortho intramolecular Hbond substituents is 1. The SMILES string of the molecule is CCN(CC)c1ccc(NC(=O)C(=O)Nc2cc(Cl)ccc2O)cc1. The Morgan fingerprint density at radius 2 is 1.60 bits per heavy atom. The summed E-state index contributed by atoms with van der Waals surface area (Å²) in [5, 5.41) is 14.8. The number of benzene rings is 2. The Morgan fingerprint density at radius 1 is 1.00 bits per heavy atom. The van der Waals surface area contributed by atoms with Crippen LogP contribution in [0.4, 0.5) is 17.1 Å². The number of halogens is 1. The van der Waals surface area contributed by atoms with E-state index in [1.165, 1.54) is 18.2 Å². The van der Waals surface area contributed by atoms with E-state index >= 15 is 0 Å². The summed E-state index contributed by atoms with van der Waals surface area (Å²) in [6.07, 6.45) is 0. The van der Waals surface area contributed by atoms with Crippen molar-refractivity contribution in [2.45, 2.75) is 13.8 Å². The first kappa shape index (κ1) is 18.6. The van der Waals surface area contributed by atoms with Crippen molar-refractivity contribution < 1.29 is 14.7 Å². The van der Waals surface area contributed by atoms with E-state index in [0.29, 0.717) is 10.7 Å². The lowest BCUT2D eigenvalue weighted by molar-refractivity contribution is -0.133. The topological polar surface area (TPSA) is 81.7 Å². The Kier molecular flexibility index (Phi) is 6.25. The third kappa shape index (κ3) is 4.87. The van der Waals surface area contributed by atoms with Gasteiger partial charge in [0.25, 0.3) is 0 Å². The molecule has 0 saturated heterocycles. The minimum Gasteiger partial charge on any atom is -0.506 e. The third-order valence-electron chi connectivity index (χ3n) is 3.67. The summed E-state index contributed by atoms with van der Waals surface area (Å²) in [7, 11) is 0. The van der Waals surface area contributed by atoms with Crippen LogP contribution < -0.4 is 15.5 Å². The molecular formula is C18H20ClN3O3. The first-order valence-corrected chi connectivity index (χ1v) is 8.28. The summed E-state index contributed by atoms with van der Waals surface area (Å²) >= 11 is 5.81. The lowest BCUT2D eigenvalue weighted by atomic mass is 10.2. The van der Waals surface area contributed by atoms with Crippen LogP contribution in [0.5, 0.6) is 5.75 Å². The number of phenols is 1. The molecule has 0 atom stereocenters. The molecule has 0 radical (unpaired) electrons. The third-order valence-corrected chi connectivity index (χ3v) is 3.90. The van der Waals surface area contributed by atoms with Gasteiger partial charge in [0.15, 0.2) is 0 Å². The zero-order valence-corrected chi connectivity index (χ0v) is 14.8. The average molecular weight is 362 g/mol. The van der Waals surface area contributed by atoms with E-state index in [9.17, 15) is 14.7 Å². The van der Waals surface area contributed by atoms with Crippen molar-refractivity contribution in [3.05, 3.63) is 47.5 Å². The second kappa shape index (κ2) is 8.39. The highest BCUT2D eigenvalue weighted by molar-refractivity contribution is 6.44. The largest absolute Gasteiger partial charge is 0.506 e. The molecule has 0 saturated carbocycles. The quantitative estimate of drug-likeness (QED) is 0.562. The molecule has 2 aromatic rings. The normalized spacial score (nSPS) is 10.2. The number of carbonyl (C=O) groups excluding carboxylic acids is 2. The molecule has 0 heterocycles. The number of nitrogens with one attached hydrogen (secondary N) is 2. The highest BCUT2D eigenvalue weighted by atomic mass is 35.5. The number of hydrogen-bond acceptors (Lipinski definition) is 4. The van der Waals surface area contributed by atoms with Gasteiger partial charge in [-0.15, -0.1) is 0 Å². The van der Waals surface area contributed by atoms with Crippen molar-refractivity contribution >= 4 is 40.5 Å². The van der Waals surface area contributed by atoms with E-state index in [1.54, 1.807) is 12.1 Å². The van der Waals surface area contributed by atoms with Gasteiger partial charge >= 0.3 is 11.8 Å². The Labute approximate surface area is 151 Å². The molecule has 2 aromatic carbocycles. The number of rotatable bonds is 5. The summed E-state index contributed by atoms with van der Waals surface area (Å²) in [5.41, 5.74) is 1.62. The van der Waals surface area contributed by atoms with Crippen LogP contribution in [-0.2, 0) is 9.59 Å². The van der Waals surface area contributed by atoms with Gasteiger partial charge in [0, 0.05) is 29.5 Å². The van der Waals surface area contributed by atoms with Gasteiger partial charge in [-0.1, -0.05) is 11.6 Å². The van der Waals surface area contributed by atoms with Gasteiger partial charge in [0.1, 0.15) is 5.75 Å². The maximum absolute atomic E-state index is 12.0. The van der Waals surface area contributed by atoms with E-state index in [4.69, 9.17) is 11.6 Å². The van der Waals surface area contributed by atoms with Crippen LogP contribution in [0.25, 0.3) is 0 Å². The zero-order valence-electron chi connectivity index (χ0n) is 14.0. The van der Waals surface area contributed by atoms with Crippen LogP contribution in [0.3, 0.4) is 0 Å². The average Bonchev–Trinajstić information content (AvgIpc) is 2.60. The van der Waals surface area contributed by atoms with Crippen LogP contribution in [0.2, 0.25) is 5.02 Å². The molecule has 0 unspecified atom stereocenters. The van der Waals surface area contributed by atoms with Gasteiger partial charge in [-0.05, 0) is 56.3 Å². The molecule has 132 valence electrons. The van der Waals surface area contributed by atoms with Crippen molar-refractivity contribution in [2.24, 2.45) is 0 Å². The first-order valence-electron chi connectivity index (χ1n) is 7.90. The number of aromatic hydroxyl groups is 1. The highest BCUT2D eigenvalue weighted by Gasteiger charge is 2.16. The van der Waals surface area contributed by atoms with Crippen molar-refractivity contribution in [3.63, 3.8) is 0 Å². The predicted molar refractivity (Wildman–Crippen MR) is 100 cm³/mol. The fourth-order valence-corrected chi connectivity index (χ4v) is 2.49. The second-order valence-electron chi connectivity index (χ2n) is 5.29. The first-order chi connectivity index (χ1) is 11.9. The molecule has 0 spiro atoms. The van der Waals surface area contributed by atoms with Crippen LogP contribution >= 0.6 is 11.6 Å². The fourth-order valence-electron chi connectivity index (χ4n) is 2.32. The maximum atomic E-state index is 12.0. The molecule has 0 fully saturated rings. The molecule has 0 bridgehead atoms. The molecule has 0 aliphatic rings. The minimum atomic E-state index is -0.898. The summed E-state index contributed by atoms with van der Waals surface area (Å²) < 4.78 is 0. The van der Waals surface area contributed by atoms with E-state index < -0.39 is 11.8 Å². The number of carbonyl (C=O) groups is 2. The van der Waals surface area contributed by atoms with E-state index in [0.717, 1.165) is 18.8 Å². The summed E-state index contributed by atoms with van der Waals surface area (Å²) in [5.74, 6) is -1.91. The molecule has 25 heavy (non-hydrogen) atoms. The Bertz CT molecular complexity index is 759. The van der Waals surface area contributed by atoms with Crippen LogP contribution in [-0.4, -0.2) is 30.0 Å². The molecule has 0 aromatic heterocycles. The Hall–Kier alpha value is -2.73. The molecular weight excluding hydrogens is 342 g/mol. The summed E-state index contributed by atoms with van der Waals surface area (Å²) in [4.78, 5) is 26.1. The smallest absolute Gasteiger partial charge is 0.314 e. The van der Waals surface area contributed by atoms with Crippen LogP contribution in [0.15, 0.2) is 42.5 Å². The Balaban J connectivity index is 2.01. The van der Waals surface area contributed by atoms with Crippen molar-refractivity contribution in [2.75, 3.05) is 28.6 Å². The van der Waals surface area contributed by atoms with Gasteiger partial charge < -0.3 is 20.6 Å². The predicted octanol–water partition coefficient (Wildman–Crippen LogP) is 3.47. The van der Waals surface area contributed by atoms with Gasteiger partial charge in [-0.3, -0.25) is 9.59 Å². The maximum Gasteiger partial charge on any atom is 0.314 e. The molecule has 3 N–H and O–H groups in total. The van der Waals surface area contributed by atoms with Crippen molar-refractivity contribution in [1.82, 2.24) is 0 Å². The lowest BCUT2D eigenvalue weighted by Gasteiger charge is -2.21. The second-order valence-corrected chi connectivity index (χ2v) is 5.73. The van der Waals surface area contributed by atoms with Crippen molar-refractivity contribution in [3.8, 4) is 5.75 Å². The molecule has 6 nitrogen and oxygen atoms in total. The van der Waals surface area contributed by atoms with Gasteiger partial charge in [0.2, 0.25) is 0 Å². The monoisotopic (exact) mass is 361 g/mol. The molecule has 0 aliphatic carbocycles. The molecule has 2 rings (SSSR count). The van der Waals surface area contributed by atoms with E-state index in [1.807, 2.05) is 12.1 Å². The molecule has 2 amide bonds. The molecule has 7 heteroatoms. The molecule has 0 aliphatic heterocycles. The van der Waals surface area contributed by atoms with Gasteiger partial charge in [-0.25, -0.2) is 0 Å². The van der Waals surface area contributed by atoms with Gasteiger partial charge in [0.05, 0.1) is 5.69 Å². The van der Waals surface area contributed by atoms with Crippen LogP contribution in [0, 0.1) is 0 Å². The Morgan fingerprint density at radius 3 is 2.20 bits per heavy atom. The summed E-state index contributed by atoms with van der Waals surface area (Å²) in [6.45, 7) is 5.89. The number of hydrogen-bond donors (Lipinski definition) is 3. The highest BCUT2D eigenvalue weighted by Crippen LogP contribution is 2.26. The minimum absolute atomic E-state index is 0.0736. The van der Waals surface area contributed by atoms with Crippen LogP contribution in [0.1, 0.15) is 13.8 Å². The van der Waals surface area contributed by atoms with E-state index in [-0.39, 0.29) is 11.4 Å². The number of anilines is 3. The number of amides is 2.